The number of rotatable bonds is 7. The molecule has 266 valence electrons. The zero-order valence-corrected chi connectivity index (χ0v) is 28.5. The van der Waals surface area contributed by atoms with E-state index in [1.807, 2.05) is 32.9 Å². The molecule has 2 aliphatic rings. The van der Waals surface area contributed by atoms with Gasteiger partial charge in [-0.3, -0.25) is 19.2 Å². The number of aromatic nitrogens is 4. The summed E-state index contributed by atoms with van der Waals surface area (Å²) >= 11 is 0. The van der Waals surface area contributed by atoms with Gasteiger partial charge in [-0.2, -0.15) is 0 Å². The maximum atomic E-state index is 14.9. The molecule has 0 saturated carbocycles. The van der Waals surface area contributed by atoms with E-state index in [9.17, 15) is 23.6 Å². The molecule has 14 nitrogen and oxygen atoms in total. The highest BCUT2D eigenvalue weighted by molar-refractivity contribution is 6.01. The van der Waals surface area contributed by atoms with Crippen LogP contribution in [0.4, 0.5) is 4.39 Å². The highest BCUT2D eigenvalue weighted by Gasteiger charge is 2.38. The Balaban J connectivity index is 1.27. The Labute approximate surface area is 293 Å². The van der Waals surface area contributed by atoms with Crippen molar-refractivity contribution in [3.63, 3.8) is 0 Å². The van der Waals surface area contributed by atoms with Gasteiger partial charge in [-0.25, -0.2) is 9.07 Å². The van der Waals surface area contributed by atoms with Crippen molar-refractivity contribution in [3.8, 4) is 11.5 Å². The monoisotopic (exact) mass is 698 g/mol. The zero-order valence-electron chi connectivity index (χ0n) is 28.5. The van der Waals surface area contributed by atoms with E-state index in [1.54, 1.807) is 27.8 Å². The van der Waals surface area contributed by atoms with E-state index in [4.69, 9.17) is 9.47 Å². The summed E-state index contributed by atoms with van der Waals surface area (Å²) < 4.78 is 28.7. The minimum absolute atomic E-state index is 0.0401. The number of likely N-dealkylation sites (tertiary alicyclic amines) is 1. The van der Waals surface area contributed by atoms with Crippen molar-refractivity contribution in [2.45, 2.75) is 58.5 Å². The molecule has 0 radical (unpaired) electrons. The molecule has 51 heavy (non-hydrogen) atoms. The first-order valence-electron chi connectivity index (χ1n) is 16.8. The first-order valence-corrected chi connectivity index (χ1v) is 16.8. The number of nitrogens with zero attached hydrogens (tertiary/aromatic N) is 6. The number of carbonyl (C=O) groups excluding carboxylic acids is 4. The average molecular weight is 699 g/mol. The molecule has 2 atom stereocenters. The highest BCUT2D eigenvalue weighted by Crippen LogP contribution is 2.28. The largest absolute Gasteiger partial charge is 0.457 e. The Hall–Kier alpha value is -5.70. The first kappa shape index (κ1) is 35.1. The van der Waals surface area contributed by atoms with Gasteiger partial charge in [0, 0.05) is 48.4 Å². The quantitative estimate of drug-likeness (QED) is 0.296. The SMILES string of the molecule is CCCN1CC(=O)N[C@@H]2CN(C(=O)c3ccc(Cn4cnnn4)cc3)C[C@H]2OCc2cc(F)cc(c2)Oc2cc(C(=O)NC(C)C)cc(c2)C1=O. The van der Waals surface area contributed by atoms with Crippen molar-refractivity contribution in [2.24, 2.45) is 0 Å². The number of tetrazole rings is 1. The fourth-order valence-electron chi connectivity index (χ4n) is 6.11. The van der Waals surface area contributed by atoms with E-state index in [-0.39, 0.29) is 67.4 Å². The Morgan fingerprint density at radius 1 is 1.02 bits per heavy atom. The second kappa shape index (κ2) is 15.5. The standard InChI is InChI=1S/C36H39FN8O6/c1-4-9-43-19-33(46)40-31-17-44(35(48)25-7-5-23(6-8-25)16-45-21-38-41-42-45)18-32(31)50-20-24-10-28(37)15-29(11-24)51-30-13-26(34(47)39-22(2)3)12-27(14-30)36(43)49/h5-8,10-15,21-22,31-32H,4,9,16-20H2,1-3H3,(H,39,47)(H,40,46)/t31-,32-/m1/s1. The molecule has 15 heteroatoms. The van der Waals surface area contributed by atoms with Gasteiger partial charge in [0.05, 0.1) is 31.8 Å². The van der Waals surface area contributed by atoms with E-state index in [2.05, 4.69) is 26.2 Å². The number of hydrogen-bond donors (Lipinski definition) is 2. The molecular weight excluding hydrogens is 659 g/mol. The van der Waals surface area contributed by atoms with Crippen LogP contribution < -0.4 is 15.4 Å². The Bertz CT molecular complexity index is 1900. The topological polar surface area (TPSA) is 161 Å². The van der Waals surface area contributed by atoms with Gasteiger partial charge in [0.2, 0.25) is 5.91 Å². The summed E-state index contributed by atoms with van der Waals surface area (Å²) in [5, 5.41) is 16.9. The van der Waals surface area contributed by atoms with Crippen LogP contribution >= 0.6 is 0 Å². The summed E-state index contributed by atoms with van der Waals surface area (Å²) in [5.74, 6) is -1.89. The summed E-state index contributed by atoms with van der Waals surface area (Å²) in [4.78, 5) is 57.1. The van der Waals surface area contributed by atoms with Crippen molar-refractivity contribution in [2.75, 3.05) is 26.2 Å². The van der Waals surface area contributed by atoms with Crippen LogP contribution in [-0.4, -0.2) is 98.0 Å². The van der Waals surface area contributed by atoms with Crippen LogP contribution in [-0.2, 0) is 22.7 Å². The third-order valence-electron chi connectivity index (χ3n) is 8.42. The van der Waals surface area contributed by atoms with E-state index in [0.29, 0.717) is 24.1 Å². The smallest absolute Gasteiger partial charge is 0.254 e. The lowest BCUT2D eigenvalue weighted by atomic mass is 10.1. The number of benzene rings is 3. The van der Waals surface area contributed by atoms with Crippen LogP contribution in [0.25, 0.3) is 0 Å². The Morgan fingerprint density at radius 3 is 2.53 bits per heavy atom. The van der Waals surface area contributed by atoms with Gasteiger partial charge in [-0.15, -0.1) is 5.10 Å². The Kier molecular flexibility index (Phi) is 10.7. The summed E-state index contributed by atoms with van der Waals surface area (Å²) in [5.41, 5.74) is 2.11. The van der Waals surface area contributed by atoms with Gasteiger partial charge < -0.3 is 29.9 Å². The lowest BCUT2D eigenvalue weighted by Crippen LogP contribution is -2.49. The summed E-state index contributed by atoms with van der Waals surface area (Å²) in [6, 6.07) is 14.8. The minimum atomic E-state index is -0.636. The van der Waals surface area contributed by atoms with Gasteiger partial charge in [0.15, 0.2) is 0 Å². The lowest BCUT2D eigenvalue weighted by molar-refractivity contribution is -0.123. The molecule has 2 aliphatic heterocycles. The molecule has 0 unspecified atom stereocenters. The molecule has 4 bridgehead atoms. The van der Waals surface area contributed by atoms with Gasteiger partial charge in [0.25, 0.3) is 17.7 Å². The molecular formula is C36H39FN8O6. The van der Waals surface area contributed by atoms with Crippen LogP contribution in [0.2, 0.25) is 0 Å². The van der Waals surface area contributed by atoms with Gasteiger partial charge >= 0.3 is 0 Å². The number of fused-ring (bicyclic) bond motifs is 5. The Morgan fingerprint density at radius 2 is 1.80 bits per heavy atom. The number of hydrogen-bond acceptors (Lipinski definition) is 9. The van der Waals surface area contributed by atoms with Crippen molar-refractivity contribution < 1.29 is 33.0 Å². The van der Waals surface area contributed by atoms with Crippen LogP contribution in [0, 0.1) is 5.82 Å². The summed E-state index contributed by atoms with van der Waals surface area (Å²) in [7, 11) is 0. The van der Waals surface area contributed by atoms with E-state index in [1.165, 1.54) is 41.6 Å². The van der Waals surface area contributed by atoms with Crippen LogP contribution in [0.15, 0.2) is 67.0 Å². The second-order valence-electron chi connectivity index (χ2n) is 12.9. The van der Waals surface area contributed by atoms with Crippen LogP contribution in [0.1, 0.15) is 69.4 Å². The third kappa shape index (κ3) is 8.73. The molecule has 3 heterocycles. The predicted octanol–water partition coefficient (Wildman–Crippen LogP) is 3.18. The lowest BCUT2D eigenvalue weighted by Gasteiger charge is -2.25. The molecule has 6 rings (SSSR count). The number of ether oxygens (including phenoxy) is 2. The van der Waals surface area contributed by atoms with Gasteiger partial charge in [-0.05, 0) is 84.3 Å². The van der Waals surface area contributed by atoms with E-state index in [0.717, 1.165) is 5.56 Å². The van der Waals surface area contributed by atoms with Crippen molar-refractivity contribution in [1.29, 1.82) is 0 Å². The fourth-order valence-corrected chi connectivity index (χ4v) is 6.11. The van der Waals surface area contributed by atoms with E-state index < -0.39 is 35.7 Å². The number of nitrogens with one attached hydrogen (secondary N) is 2. The second-order valence-corrected chi connectivity index (χ2v) is 12.9. The maximum Gasteiger partial charge on any atom is 0.254 e. The molecule has 2 N–H and O–H groups in total. The first-order chi connectivity index (χ1) is 24.5. The average Bonchev–Trinajstić information content (AvgIpc) is 3.75. The number of halogens is 1. The summed E-state index contributed by atoms with van der Waals surface area (Å²) in [6.07, 6.45) is 1.43. The van der Waals surface area contributed by atoms with Gasteiger partial charge in [0.1, 0.15) is 23.6 Å². The van der Waals surface area contributed by atoms with Crippen molar-refractivity contribution in [3.05, 3.63) is 101 Å². The van der Waals surface area contributed by atoms with E-state index >= 15 is 0 Å². The van der Waals surface area contributed by atoms with Crippen LogP contribution in [0.5, 0.6) is 11.5 Å². The highest BCUT2D eigenvalue weighted by atomic mass is 19.1. The van der Waals surface area contributed by atoms with Crippen molar-refractivity contribution >= 4 is 23.6 Å². The molecule has 4 aromatic rings. The number of carbonyl (C=O) groups is 4. The van der Waals surface area contributed by atoms with Gasteiger partial charge in [-0.1, -0.05) is 19.1 Å². The van der Waals surface area contributed by atoms with Crippen LogP contribution in [0.3, 0.4) is 0 Å². The minimum Gasteiger partial charge on any atom is -0.457 e. The fraction of sp³-hybridized carbons (Fsp3) is 0.361. The van der Waals surface area contributed by atoms with Crippen molar-refractivity contribution in [1.82, 2.24) is 40.6 Å². The number of amides is 4. The predicted molar refractivity (Wildman–Crippen MR) is 181 cm³/mol. The molecule has 4 amide bonds. The zero-order chi connectivity index (χ0) is 36.1. The normalized spacial score (nSPS) is 17.9. The molecule has 0 aliphatic carbocycles. The maximum absolute atomic E-state index is 14.9. The molecule has 1 fully saturated rings. The third-order valence-corrected chi connectivity index (χ3v) is 8.42. The molecule has 0 spiro atoms. The summed E-state index contributed by atoms with van der Waals surface area (Å²) in [6.45, 7) is 6.22. The molecule has 1 saturated heterocycles. The molecule has 3 aromatic carbocycles. The molecule has 1 aromatic heterocycles.